The van der Waals surface area contributed by atoms with Gasteiger partial charge in [0.05, 0.1) is 6.20 Å². The van der Waals surface area contributed by atoms with Crippen LogP contribution >= 0.6 is 0 Å². The molecule has 5 nitrogen and oxygen atoms in total. The largest absolute Gasteiger partial charge is 0.484 e. The molecule has 112 valence electrons. The number of carbonyl (C=O) groups excluding carboxylic acids is 1. The van der Waals surface area contributed by atoms with Crippen molar-refractivity contribution in [2.24, 2.45) is 0 Å². The maximum absolute atomic E-state index is 11.8. The maximum Gasteiger partial charge on any atom is 0.258 e. The topological polar surface area (TPSA) is 56.2 Å². The summed E-state index contributed by atoms with van der Waals surface area (Å²) in [6.07, 6.45) is 1.79. The van der Waals surface area contributed by atoms with E-state index in [1.807, 2.05) is 49.7 Å². The molecule has 5 heteroatoms. The first-order valence-corrected chi connectivity index (χ1v) is 7.08. The number of aromatic nitrogens is 2. The summed E-state index contributed by atoms with van der Waals surface area (Å²) in [7, 11) is 0. The zero-order valence-electron chi connectivity index (χ0n) is 12.7. The molecule has 1 aromatic carbocycles. The van der Waals surface area contributed by atoms with E-state index in [1.54, 1.807) is 6.20 Å². The predicted octanol–water partition coefficient (Wildman–Crippen LogP) is 2.22. The Morgan fingerprint density at radius 2 is 2.10 bits per heavy atom. The Morgan fingerprint density at radius 1 is 1.33 bits per heavy atom. The van der Waals surface area contributed by atoms with Crippen LogP contribution in [0.1, 0.15) is 23.7 Å². The average molecular weight is 287 g/mol. The number of amides is 1. The molecule has 0 atom stereocenters. The monoisotopic (exact) mass is 287 g/mol. The van der Waals surface area contributed by atoms with Crippen LogP contribution in [0.2, 0.25) is 0 Å². The Hall–Kier alpha value is -2.30. The molecule has 0 aliphatic rings. The lowest BCUT2D eigenvalue weighted by Crippen LogP contribution is -2.28. The summed E-state index contributed by atoms with van der Waals surface area (Å²) in [6.45, 7) is 7.32. The smallest absolute Gasteiger partial charge is 0.258 e. The van der Waals surface area contributed by atoms with Gasteiger partial charge in [0.25, 0.3) is 5.91 Å². The molecule has 0 spiro atoms. The van der Waals surface area contributed by atoms with Crippen molar-refractivity contribution >= 4 is 5.91 Å². The van der Waals surface area contributed by atoms with Crippen LogP contribution in [-0.4, -0.2) is 22.3 Å². The van der Waals surface area contributed by atoms with E-state index in [0.717, 1.165) is 29.1 Å². The first kappa shape index (κ1) is 15.1. The summed E-state index contributed by atoms with van der Waals surface area (Å²) >= 11 is 0. The zero-order chi connectivity index (χ0) is 15.2. The zero-order valence-corrected chi connectivity index (χ0v) is 12.7. The Balaban J connectivity index is 1.82. The van der Waals surface area contributed by atoms with E-state index in [-0.39, 0.29) is 12.5 Å². The highest BCUT2D eigenvalue weighted by Crippen LogP contribution is 2.15. The molecule has 0 radical (unpaired) electrons. The highest BCUT2D eigenvalue weighted by atomic mass is 16.5. The van der Waals surface area contributed by atoms with Gasteiger partial charge in [-0.25, -0.2) is 0 Å². The van der Waals surface area contributed by atoms with Crippen LogP contribution < -0.4 is 10.1 Å². The van der Waals surface area contributed by atoms with Crippen molar-refractivity contribution in [3.05, 3.63) is 47.3 Å². The molecule has 0 saturated heterocycles. The second-order valence-corrected chi connectivity index (χ2v) is 4.90. The Kier molecular flexibility index (Phi) is 4.98. The van der Waals surface area contributed by atoms with Crippen LogP contribution in [0.15, 0.2) is 30.5 Å². The summed E-state index contributed by atoms with van der Waals surface area (Å²) in [6, 6.07) is 7.65. The Bertz CT molecular complexity index is 620. The number of nitrogens with zero attached hydrogens (tertiary/aromatic N) is 2. The number of carbonyl (C=O) groups is 1. The van der Waals surface area contributed by atoms with Crippen molar-refractivity contribution in [3.63, 3.8) is 0 Å². The van der Waals surface area contributed by atoms with Crippen LogP contribution in [0.4, 0.5) is 0 Å². The molecule has 2 rings (SSSR count). The van der Waals surface area contributed by atoms with Crippen LogP contribution in [0, 0.1) is 13.8 Å². The molecule has 0 unspecified atom stereocenters. The molecule has 1 heterocycles. The standard InChI is InChI=1S/C16H21N3O2/c1-4-19-13(3)14(10-18-19)9-17-16(20)11-21-15-8-6-5-7-12(15)2/h5-8,10H,4,9,11H2,1-3H3,(H,17,20). The highest BCUT2D eigenvalue weighted by Gasteiger charge is 2.08. The number of rotatable bonds is 6. The van der Waals surface area contributed by atoms with E-state index in [9.17, 15) is 4.79 Å². The lowest BCUT2D eigenvalue weighted by Gasteiger charge is -2.09. The maximum atomic E-state index is 11.8. The molecular weight excluding hydrogens is 266 g/mol. The van der Waals surface area contributed by atoms with Crippen LogP contribution in [0.5, 0.6) is 5.75 Å². The van der Waals surface area contributed by atoms with Crippen molar-refractivity contribution in [1.29, 1.82) is 0 Å². The minimum atomic E-state index is -0.137. The van der Waals surface area contributed by atoms with Gasteiger partial charge in [-0.05, 0) is 32.4 Å². The lowest BCUT2D eigenvalue weighted by molar-refractivity contribution is -0.123. The average Bonchev–Trinajstić information content (AvgIpc) is 2.84. The van der Waals surface area contributed by atoms with Crippen LogP contribution in [0.3, 0.4) is 0 Å². The summed E-state index contributed by atoms with van der Waals surface area (Å²) < 4.78 is 7.42. The first-order chi connectivity index (χ1) is 10.1. The van der Waals surface area contributed by atoms with Gasteiger partial charge in [-0.15, -0.1) is 0 Å². The van der Waals surface area contributed by atoms with E-state index >= 15 is 0 Å². The van der Waals surface area contributed by atoms with E-state index in [2.05, 4.69) is 10.4 Å². The number of benzene rings is 1. The third kappa shape index (κ3) is 3.84. The number of para-hydroxylation sites is 1. The van der Waals surface area contributed by atoms with Gasteiger partial charge >= 0.3 is 0 Å². The minimum absolute atomic E-state index is 0.0197. The number of nitrogens with one attached hydrogen (secondary N) is 1. The van der Waals surface area contributed by atoms with Crippen molar-refractivity contribution < 1.29 is 9.53 Å². The van der Waals surface area contributed by atoms with Gasteiger partial charge in [-0.1, -0.05) is 18.2 Å². The van der Waals surface area contributed by atoms with Gasteiger partial charge in [0.2, 0.25) is 0 Å². The molecular formula is C16H21N3O2. The van der Waals surface area contributed by atoms with Crippen molar-refractivity contribution in [3.8, 4) is 5.75 Å². The second-order valence-electron chi connectivity index (χ2n) is 4.90. The molecule has 2 aromatic rings. The summed E-state index contributed by atoms with van der Waals surface area (Å²) in [5, 5.41) is 7.10. The highest BCUT2D eigenvalue weighted by molar-refractivity contribution is 5.77. The van der Waals surface area contributed by atoms with Crippen LogP contribution in [0.25, 0.3) is 0 Å². The molecule has 1 aromatic heterocycles. The molecule has 0 bridgehead atoms. The van der Waals surface area contributed by atoms with Crippen molar-refractivity contribution in [2.75, 3.05) is 6.61 Å². The van der Waals surface area contributed by atoms with Gasteiger partial charge in [0, 0.05) is 24.3 Å². The van der Waals surface area contributed by atoms with Crippen molar-refractivity contribution in [2.45, 2.75) is 33.9 Å². The fourth-order valence-corrected chi connectivity index (χ4v) is 2.08. The third-order valence-corrected chi connectivity index (χ3v) is 3.43. The fraction of sp³-hybridized carbons (Fsp3) is 0.375. The fourth-order valence-electron chi connectivity index (χ4n) is 2.08. The molecule has 21 heavy (non-hydrogen) atoms. The minimum Gasteiger partial charge on any atom is -0.484 e. The molecule has 1 N–H and O–H groups in total. The van der Waals surface area contributed by atoms with E-state index in [4.69, 9.17) is 4.74 Å². The van der Waals surface area contributed by atoms with Crippen molar-refractivity contribution in [1.82, 2.24) is 15.1 Å². The lowest BCUT2D eigenvalue weighted by atomic mass is 10.2. The summed E-state index contributed by atoms with van der Waals surface area (Å²) in [5.74, 6) is 0.601. The SMILES string of the molecule is CCn1ncc(CNC(=O)COc2ccccc2C)c1C. The van der Waals surface area contributed by atoms with E-state index in [0.29, 0.717) is 6.54 Å². The third-order valence-electron chi connectivity index (χ3n) is 3.43. The first-order valence-electron chi connectivity index (χ1n) is 7.08. The van der Waals surface area contributed by atoms with Gasteiger partial charge in [0.1, 0.15) is 5.75 Å². The molecule has 0 aliphatic carbocycles. The van der Waals surface area contributed by atoms with Gasteiger partial charge in [-0.2, -0.15) is 5.10 Å². The quantitative estimate of drug-likeness (QED) is 0.886. The predicted molar refractivity (Wildman–Crippen MR) is 81.2 cm³/mol. The number of hydrogen-bond acceptors (Lipinski definition) is 3. The number of hydrogen-bond donors (Lipinski definition) is 1. The Labute approximate surface area is 124 Å². The van der Waals surface area contributed by atoms with Gasteiger partial charge in [-0.3, -0.25) is 9.48 Å². The normalized spacial score (nSPS) is 10.4. The molecule has 0 aliphatic heterocycles. The molecule has 0 saturated carbocycles. The van der Waals surface area contributed by atoms with E-state index in [1.165, 1.54) is 0 Å². The van der Waals surface area contributed by atoms with Gasteiger partial charge in [0.15, 0.2) is 6.61 Å². The second kappa shape index (κ2) is 6.92. The number of aryl methyl sites for hydroxylation is 2. The molecule has 0 fully saturated rings. The van der Waals surface area contributed by atoms with Gasteiger partial charge < -0.3 is 10.1 Å². The van der Waals surface area contributed by atoms with Crippen LogP contribution in [-0.2, 0) is 17.9 Å². The number of ether oxygens (including phenoxy) is 1. The summed E-state index contributed by atoms with van der Waals surface area (Å²) in [5.41, 5.74) is 3.13. The Morgan fingerprint density at radius 3 is 2.76 bits per heavy atom. The van der Waals surface area contributed by atoms with E-state index < -0.39 is 0 Å². The summed E-state index contributed by atoms with van der Waals surface area (Å²) in [4.78, 5) is 11.8. The molecule has 1 amide bonds.